The number of carboxylic acids is 1. The third-order valence-corrected chi connectivity index (χ3v) is 3.27. The van der Waals surface area contributed by atoms with E-state index in [-0.39, 0.29) is 18.7 Å². The number of hydrogen-bond acceptors (Lipinski definition) is 5. The molecule has 6 nitrogen and oxygen atoms in total. The third kappa shape index (κ3) is 5.15. The lowest BCUT2D eigenvalue weighted by atomic mass is 10.2. The highest BCUT2D eigenvalue weighted by molar-refractivity contribution is 7.16. The van der Waals surface area contributed by atoms with Crippen LogP contribution in [0.4, 0.5) is 5.13 Å². The van der Waals surface area contributed by atoms with Crippen LogP contribution in [0.25, 0.3) is 12.2 Å². The van der Waals surface area contributed by atoms with Gasteiger partial charge in [-0.2, -0.15) is 0 Å². The molecule has 21 heavy (non-hydrogen) atoms. The highest BCUT2D eigenvalue weighted by atomic mass is 32.1. The molecular weight excluding hydrogens is 290 g/mol. The predicted octanol–water partition coefficient (Wildman–Crippen LogP) is 2.51. The first-order valence-electron chi connectivity index (χ1n) is 6.22. The number of nitrogens with one attached hydrogen (secondary N) is 1. The van der Waals surface area contributed by atoms with Crippen LogP contribution in [0.15, 0.2) is 30.3 Å². The molecule has 2 N–H and O–H groups in total. The van der Waals surface area contributed by atoms with Crippen LogP contribution in [0.2, 0.25) is 0 Å². The van der Waals surface area contributed by atoms with E-state index >= 15 is 0 Å². The predicted molar refractivity (Wildman–Crippen MR) is 80.8 cm³/mol. The summed E-state index contributed by atoms with van der Waals surface area (Å²) in [5.41, 5.74) is 1.04. The number of carboxylic acid groups (broad SMARTS) is 1. The molecule has 2 rings (SSSR count). The van der Waals surface area contributed by atoms with Crippen LogP contribution in [-0.4, -0.2) is 27.2 Å². The van der Waals surface area contributed by atoms with Crippen molar-refractivity contribution in [3.05, 3.63) is 40.9 Å². The van der Waals surface area contributed by atoms with Crippen LogP contribution in [-0.2, 0) is 9.59 Å². The second kappa shape index (κ2) is 7.30. The summed E-state index contributed by atoms with van der Waals surface area (Å²) in [4.78, 5) is 21.8. The Morgan fingerprint density at radius 1 is 1.14 bits per heavy atom. The van der Waals surface area contributed by atoms with Crippen molar-refractivity contribution >= 4 is 40.5 Å². The van der Waals surface area contributed by atoms with E-state index in [9.17, 15) is 9.59 Å². The average molecular weight is 303 g/mol. The van der Waals surface area contributed by atoms with Gasteiger partial charge < -0.3 is 10.4 Å². The standard InChI is InChI=1S/C14H13N3O3S/c18-11(7-9-13(19)20)15-14-17-16-12(21-14)8-6-10-4-2-1-3-5-10/h1-6,8H,7,9H2,(H,19,20)(H,15,17,18). The Morgan fingerprint density at radius 3 is 2.62 bits per heavy atom. The Balaban J connectivity index is 1.91. The van der Waals surface area contributed by atoms with Gasteiger partial charge in [0.1, 0.15) is 5.01 Å². The minimum absolute atomic E-state index is 0.0793. The van der Waals surface area contributed by atoms with Gasteiger partial charge >= 0.3 is 5.97 Å². The zero-order valence-corrected chi connectivity index (χ0v) is 11.8. The fraction of sp³-hybridized carbons (Fsp3) is 0.143. The largest absolute Gasteiger partial charge is 0.481 e. The van der Waals surface area contributed by atoms with E-state index in [4.69, 9.17) is 5.11 Å². The van der Waals surface area contributed by atoms with Gasteiger partial charge in [0.25, 0.3) is 0 Å². The number of carbonyl (C=O) groups is 2. The van der Waals surface area contributed by atoms with Crippen LogP contribution < -0.4 is 5.32 Å². The summed E-state index contributed by atoms with van der Waals surface area (Å²) in [7, 11) is 0. The summed E-state index contributed by atoms with van der Waals surface area (Å²) >= 11 is 1.23. The van der Waals surface area contributed by atoms with Crippen LogP contribution in [0.1, 0.15) is 23.4 Å². The molecule has 2 aromatic rings. The van der Waals surface area contributed by atoms with Gasteiger partial charge in [0.05, 0.1) is 6.42 Å². The maximum absolute atomic E-state index is 11.5. The Bertz CT molecular complexity index is 652. The molecule has 0 aliphatic rings. The first-order chi connectivity index (χ1) is 10.1. The van der Waals surface area contributed by atoms with E-state index in [1.807, 2.05) is 36.4 Å². The van der Waals surface area contributed by atoms with Gasteiger partial charge in [-0.3, -0.25) is 9.59 Å². The van der Waals surface area contributed by atoms with E-state index in [1.165, 1.54) is 11.3 Å². The summed E-state index contributed by atoms with van der Waals surface area (Å²) in [6.07, 6.45) is 3.42. The number of aliphatic carboxylic acids is 1. The van der Waals surface area contributed by atoms with Gasteiger partial charge in [-0.15, -0.1) is 10.2 Å². The normalized spacial score (nSPS) is 10.7. The Labute approximate surface area is 125 Å². The first kappa shape index (κ1) is 14.9. The van der Waals surface area contributed by atoms with E-state index in [2.05, 4.69) is 15.5 Å². The summed E-state index contributed by atoms with van der Waals surface area (Å²) in [6, 6.07) is 9.74. The molecule has 108 valence electrons. The number of carbonyl (C=O) groups excluding carboxylic acids is 1. The Kier molecular flexibility index (Phi) is 5.16. The van der Waals surface area contributed by atoms with E-state index in [0.717, 1.165) is 5.56 Å². The van der Waals surface area contributed by atoms with Crippen LogP contribution in [0.5, 0.6) is 0 Å². The SMILES string of the molecule is O=C(O)CCC(=O)Nc1nnc(C=Cc2ccccc2)s1. The lowest BCUT2D eigenvalue weighted by Gasteiger charge is -1.97. The average Bonchev–Trinajstić information content (AvgIpc) is 2.91. The molecule has 7 heteroatoms. The molecule has 1 amide bonds. The van der Waals surface area contributed by atoms with Gasteiger partial charge in [0, 0.05) is 6.42 Å². The van der Waals surface area contributed by atoms with Crippen LogP contribution in [0, 0.1) is 0 Å². The number of aromatic nitrogens is 2. The van der Waals surface area contributed by atoms with Crippen molar-refractivity contribution in [1.82, 2.24) is 10.2 Å². The van der Waals surface area contributed by atoms with Crippen molar-refractivity contribution in [2.45, 2.75) is 12.8 Å². The maximum atomic E-state index is 11.5. The molecule has 0 bridgehead atoms. The molecule has 0 atom stereocenters. The molecule has 1 aromatic carbocycles. The van der Waals surface area contributed by atoms with Crippen molar-refractivity contribution in [2.24, 2.45) is 0 Å². The van der Waals surface area contributed by atoms with Crippen molar-refractivity contribution in [3.63, 3.8) is 0 Å². The minimum atomic E-state index is -1.01. The smallest absolute Gasteiger partial charge is 0.303 e. The zero-order chi connectivity index (χ0) is 15.1. The number of benzene rings is 1. The molecule has 0 radical (unpaired) electrons. The fourth-order valence-corrected chi connectivity index (χ4v) is 2.15. The molecule has 0 aliphatic heterocycles. The quantitative estimate of drug-likeness (QED) is 0.855. The molecule has 0 unspecified atom stereocenters. The van der Waals surface area contributed by atoms with Gasteiger partial charge in [-0.1, -0.05) is 47.7 Å². The second-order valence-electron chi connectivity index (χ2n) is 4.13. The maximum Gasteiger partial charge on any atom is 0.303 e. The Morgan fingerprint density at radius 2 is 1.90 bits per heavy atom. The fourth-order valence-electron chi connectivity index (χ4n) is 1.49. The lowest BCUT2D eigenvalue weighted by molar-refractivity contribution is -0.138. The van der Waals surface area contributed by atoms with Crippen molar-refractivity contribution in [1.29, 1.82) is 0 Å². The Hall–Kier alpha value is -2.54. The zero-order valence-electron chi connectivity index (χ0n) is 11.0. The van der Waals surface area contributed by atoms with Gasteiger partial charge in [0.15, 0.2) is 0 Å². The molecule has 0 spiro atoms. The number of hydrogen-bond donors (Lipinski definition) is 2. The van der Waals surface area contributed by atoms with Crippen LogP contribution in [0.3, 0.4) is 0 Å². The monoisotopic (exact) mass is 303 g/mol. The topological polar surface area (TPSA) is 92.2 Å². The van der Waals surface area contributed by atoms with Gasteiger partial charge in [-0.25, -0.2) is 0 Å². The molecule has 1 aromatic heterocycles. The van der Waals surface area contributed by atoms with Crippen LogP contribution >= 0.6 is 11.3 Å². The summed E-state index contributed by atoms with van der Waals surface area (Å²) in [5, 5.41) is 19.8. The summed E-state index contributed by atoms with van der Waals surface area (Å²) < 4.78 is 0. The molecule has 1 heterocycles. The van der Waals surface area contributed by atoms with Crippen molar-refractivity contribution in [2.75, 3.05) is 5.32 Å². The number of rotatable bonds is 6. The highest BCUT2D eigenvalue weighted by Gasteiger charge is 2.08. The molecule has 0 saturated heterocycles. The van der Waals surface area contributed by atoms with Crippen molar-refractivity contribution in [3.8, 4) is 0 Å². The molecule has 0 aliphatic carbocycles. The van der Waals surface area contributed by atoms with Gasteiger partial charge in [-0.05, 0) is 11.6 Å². The first-order valence-corrected chi connectivity index (χ1v) is 7.03. The summed E-state index contributed by atoms with van der Waals surface area (Å²) in [5.74, 6) is -1.39. The van der Waals surface area contributed by atoms with E-state index < -0.39 is 5.97 Å². The van der Waals surface area contributed by atoms with Gasteiger partial charge in [0.2, 0.25) is 11.0 Å². The highest BCUT2D eigenvalue weighted by Crippen LogP contribution is 2.18. The second-order valence-corrected chi connectivity index (χ2v) is 5.14. The molecule has 0 saturated carbocycles. The molecular formula is C14H13N3O3S. The third-order valence-electron chi connectivity index (χ3n) is 2.47. The number of nitrogens with zero attached hydrogens (tertiary/aromatic N) is 2. The lowest BCUT2D eigenvalue weighted by Crippen LogP contribution is -2.12. The number of anilines is 1. The minimum Gasteiger partial charge on any atom is -0.481 e. The molecule has 0 fully saturated rings. The van der Waals surface area contributed by atoms with E-state index in [0.29, 0.717) is 10.1 Å². The van der Waals surface area contributed by atoms with Crippen molar-refractivity contribution < 1.29 is 14.7 Å². The summed E-state index contributed by atoms with van der Waals surface area (Å²) in [6.45, 7) is 0. The number of amides is 1. The van der Waals surface area contributed by atoms with E-state index in [1.54, 1.807) is 6.08 Å².